The number of carbonyl (C=O) groups is 1. The summed E-state index contributed by atoms with van der Waals surface area (Å²) in [6.45, 7) is 8.23. The summed E-state index contributed by atoms with van der Waals surface area (Å²) in [6.07, 6.45) is 1.49. The largest absolute Gasteiger partial charge is 0.493 e. The first-order valence-electron chi connectivity index (χ1n) is 7.40. The Labute approximate surface area is 121 Å². The number of hydrogen-bond acceptors (Lipinski definition) is 3. The molecule has 0 saturated heterocycles. The fourth-order valence-electron chi connectivity index (χ4n) is 1.98. The predicted molar refractivity (Wildman–Crippen MR) is 81.9 cm³/mol. The van der Waals surface area contributed by atoms with Crippen molar-refractivity contribution in [1.29, 1.82) is 0 Å². The molecule has 1 aromatic rings. The molecule has 0 fully saturated rings. The molecule has 1 aromatic carbocycles. The van der Waals surface area contributed by atoms with E-state index in [2.05, 4.69) is 30.5 Å². The minimum Gasteiger partial charge on any atom is -0.493 e. The molecule has 0 saturated carbocycles. The Kier molecular flexibility index (Phi) is 7.73. The van der Waals surface area contributed by atoms with E-state index in [0.717, 1.165) is 24.3 Å². The number of ether oxygens (including phenoxy) is 1. The van der Waals surface area contributed by atoms with Crippen LogP contribution in [0, 0.1) is 0 Å². The van der Waals surface area contributed by atoms with E-state index < -0.39 is 0 Å². The Bertz CT molecular complexity index is 407. The summed E-state index contributed by atoms with van der Waals surface area (Å²) in [5.74, 6) is 0.884. The summed E-state index contributed by atoms with van der Waals surface area (Å²) < 4.78 is 5.75. The van der Waals surface area contributed by atoms with E-state index in [-0.39, 0.29) is 11.9 Å². The molecule has 0 aliphatic heterocycles. The van der Waals surface area contributed by atoms with Crippen LogP contribution < -0.4 is 15.4 Å². The summed E-state index contributed by atoms with van der Waals surface area (Å²) in [5.41, 5.74) is 1.14. The molecule has 0 spiro atoms. The van der Waals surface area contributed by atoms with E-state index >= 15 is 0 Å². The average Bonchev–Trinajstić information content (AvgIpc) is 2.45. The van der Waals surface area contributed by atoms with E-state index in [1.807, 2.05) is 25.1 Å². The zero-order valence-corrected chi connectivity index (χ0v) is 12.7. The molecule has 1 atom stereocenters. The lowest BCUT2D eigenvalue weighted by Crippen LogP contribution is -2.24. The third-order valence-corrected chi connectivity index (χ3v) is 3.05. The van der Waals surface area contributed by atoms with Gasteiger partial charge in [0.05, 0.1) is 13.0 Å². The van der Waals surface area contributed by atoms with Gasteiger partial charge in [0.1, 0.15) is 5.75 Å². The van der Waals surface area contributed by atoms with Gasteiger partial charge in [0.15, 0.2) is 0 Å². The fourth-order valence-corrected chi connectivity index (χ4v) is 1.98. The molecule has 0 aliphatic rings. The standard InChI is InChI=1S/C16H26N2O2/c1-4-11-18-13(3)14-8-6-7-9-15(14)20-12-10-16(19)17-5-2/h6-9,13,18H,4-5,10-12H2,1-3H3,(H,17,19). The second kappa shape index (κ2) is 9.37. The van der Waals surface area contributed by atoms with Crippen molar-refractivity contribution in [3.63, 3.8) is 0 Å². The van der Waals surface area contributed by atoms with Crippen LogP contribution in [0.2, 0.25) is 0 Å². The van der Waals surface area contributed by atoms with Crippen molar-refractivity contribution in [2.75, 3.05) is 19.7 Å². The number of nitrogens with one attached hydrogen (secondary N) is 2. The van der Waals surface area contributed by atoms with Crippen LogP contribution in [0.4, 0.5) is 0 Å². The number of hydrogen-bond donors (Lipinski definition) is 2. The fraction of sp³-hybridized carbons (Fsp3) is 0.562. The summed E-state index contributed by atoms with van der Waals surface area (Å²) >= 11 is 0. The first-order chi connectivity index (χ1) is 9.69. The molecular weight excluding hydrogens is 252 g/mol. The molecule has 4 heteroatoms. The molecule has 4 nitrogen and oxygen atoms in total. The molecule has 1 rings (SSSR count). The van der Waals surface area contributed by atoms with E-state index in [1.54, 1.807) is 0 Å². The van der Waals surface area contributed by atoms with Gasteiger partial charge in [-0.3, -0.25) is 4.79 Å². The molecule has 1 amide bonds. The molecule has 0 aromatic heterocycles. The second-order valence-corrected chi connectivity index (χ2v) is 4.77. The Morgan fingerprint density at radius 3 is 2.75 bits per heavy atom. The summed E-state index contributed by atoms with van der Waals surface area (Å²) in [5, 5.41) is 6.21. The van der Waals surface area contributed by atoms with Crippen LogP contribution in [-0.2, 0) is 4.79 Å². The van der Waals surface area contributed by atoms with Crippen molar-refractivity contribution < 1.29 is 9.53 Å². The van der Waals surface area contributed by atoms with E-state index in [0.29, 0.717) is 19.6 Å². The molecular formula is C16H26N2O2. The smallest absolute Gasteiger partial charge is 0.223 e. The lowest BCUT2D eigenvalue weighted by atomic mass is 10.1. The zero-order valence-electron chi connectivity index (χ0n) is 12.7. The van der Waals surface area contributed by atoms with Crippen LogP contribution in [0.5, 0.6) is 5.75 Å². The van der Waals surface area contributed by atoms with Gasteiger partial charge in [0.25, 0.3) is 0 Å². The van der Waals surface area contributed by atoms with Crippen LogP contribution >= 0.6 is 0 Å². The highest BCUT2D eigenvalue weighted by molar-refractivity contribution is 5.75. The van der Waals surface area contributed by atoms with Gasteiger partial charge in [-0.2, -0.15) is 0 Å². The topological polar surface area (TPSA) is 50.4 Å². The quantitative estimate of drug-likeness (QED) is 0.730. The van der Waals surface area contributed by atoms with Crippen LogP contribution in [-0.4, -0.2) is 25.6 Å². The van der Waals surface area contributed by atoms with E-state index in [9.17, 15) is 4.79 Å². The summed E-state index contributed by atoms with van der Waals surface area (Å²) in [7, 11) is 0. The highest BCUT2D eigenvalue weighted by Gasteiger charge is 2.10. The maximum Gasteiger partial charge on any atom is 0.223 e. The van der Waals surface area contributed by atoms with Crippen LogP contribution in [0.3, 0.4) is 0 Å². The minimum atomic E-state index is 0.0298. The van der Waals surface area contributed by atoms with E-state index in [4.69, 9.17) is 4.74 Å². The lowest BCUT2D eigenvalue weighted by molar-refractivity contribution is -0.121. The molecule has 0 aliphatic carbocycles. The maximum absolute atomic E-state index is 11.4. The lowest BCUT2D eigenvalue weighted by Gasteiger charge is -2.18. The molecule has 0 bridgehead atoms. The van der Waals surface area contributed by atoms with Gasteiger partial charge in [-0.1, -0.05) is 25.1 Å². The number of rotatable bonds is 9. The van der Waals surface area contributed by atoms with Gasteiger partial charge in [-0.05, 0) is 32.9 Å². The van der Waals surface area contributed by atoms with Gasteiger partial charge in [0.2, 0.25) is 5.91 Å². The predicted octanol–water partition coefficient (Wildman–Crippen LogP) is 2.65. The molecule has 20 heavy (non-hydrogen) atoms. The molecule has 1 unspecified atom stereocenters. The number of amides is 1. The van der Waals surface area contributed by atoms with E-state index in [1.165, 1.54) is 0 Å². The van der Waals surface area contributed by atoms with Crippen molar-refractivity contribution in [2.24, 2.45) is 0 Å². The third kappa shape index (κ3) is 5.61. The van der Waals surface area contributed by atoms with Gasteiger partial charge >= 0.3 is 0 Å². The number of para-hydroxylation sites is 1. The van der Waals surface area contributed by atoms with Crippen LogP contribution in [0.1, 0.15) is 45.2 Å². The van der Waals surface area contributed by atoms with Crippen molar-refractivity contribution in [1.82, 2.24) is 10.6 Å². The molecule has 0 radical (unpaired) electrons. The number of benzene rings is 1. The Balaban J connectivity index is 2.54. The van der Waals surface area contributed by atoms with Gasteiger partial charge < -0.3 is 15.4 Å². The molecule has 2 N–H and O–H groups in total. The normalized spacial score (nSPS) is 11.9. The molecule has 112 valence electrons. The second-order valence-electron chi connectivity index (χ2n) is 4.77. The Morgan fingerprint density at radius 2 is 2.05 bits per heavy atom. The van der Waals surface area contributed by atoms with Crippen molar-refractivity contribution in [2.45, 2.75) is 39.7 Å². The van der Waals surface area contributed by atoms with Gasteiger partial charge in [-0.15, -0.1) is 0 Å². The average molecular weight is 278 g/mol. The van der Waals surface area contributed by atoms with Crippen LogP contribution in [0.15, 0.2) is 24.3 Å². The SMILES string of the molecule is CCCNC(C)c1ccccc1OCCC(=O)NCC. The maximum atomic E-state index is 11.4. The summed E-state index contributed by atoms with van der Waals surface area (Å²) in [6, 6.07) is 8.23. The third-order valence-electron chi connectivity index (χ3n) is 3.05. The van der Waals surface area contributed by atoms with Crippen molar-refractivity contribution in [3.8, 4) is 5.75 Å². The Hall–Kier alpha value is -1.55. The monoisotopic (exact) mass is 278 g/mol. The van der Waals surface area contributed by atoms with Crippen LogP contribution in [0.25, 0.3) is 0 Å². The highest BCUT2D eigenvalue weighted by Crippen LogP contribution is 2.24. The minimum absolute atomic E-state index is 0.0298. The number of carbonyl (C=O) groups excluding carboxylic acids is 1. The first kappa shape index (κ1) is 16.5. The van der Waals surface area contributed by atoms with Gasteiger partial charge in [0, 0.05) is 18.2 Å². The van der Waals surface area contributed by atoms with Gasteiger partial charge in [-0.25, -0.2) is 0 Å². The Morgan fingerprint density at radius 1 is 1.30 bits per heavy atom. The molecule has 0 heterocycles. The zero-order chi connectivity index (χ0) is 14.8. The summed E-state index contributed by atoms with van der Waals surface area (Å²) in [4.78, 5) is 11.4. The van der Waals surface area contributed by atoms with Crippen molar-refractivity contribution >= 4 is 5.91 Å². The highest BCUT2D eigenvalue weighted by atomic mass is 16.5. The first-order valence-corrected chi connectivity index (χ1v) is 7.40. The van der Waals surface area contributed by atoms with Crippen molar-refractivity contribution in [3.05, 3.63) is 29.8 Å².